The number of aliphatic hydroxyl groups excluding tert-OH is 1. The molecule has 0 aliphatic carbocycles. The molecule has 2 fully saturated rings. The number of aliphatic imine (C=N–C) groups is 1. The smallest absolute Gasteiger partial charge is 0.191 e. The van der Waals surface area contributed by atoms with Crippen LogP contribution in [0.3, 0.4) is 0 Å². The molecule has 19 heavy (non-hydrogen) atoms. The molecular weight excluding hydrogens is 246 g/mol. The lowest BCUT2D eigenvalue weighted by Gasteiger charge is -2.35. The highest BCUT2D eigenvalue weighted by atomic mass is 16.5. The van der Waals surface area contributed by atoms with E-state index in [0.717, 1.165) is 25.9 Å². The first-order valence-corrected chi connectivity index (χ1v) is 7.00. The summed E-state index contributed by atoms with van der Waals surface area (Å²) in [4.78, 5) is 6.55. The van der Waals surface area contributed by atoms with Gasteiger partial charge in [-0.3, -0.25) is 4.99 Å². The number of aliphatic hydroxyl groups is 1. The molecule has 0 saturated carbocycles. The number of ether oxygens (including phenoxy) is 2. The normalized spacial score (nSPS) is 28.4. The van der Waals surface area contributed by atoms with Crippen molar-refractivity contribution in [3.8, 4) is 0 Å². The predicted molar refractivity (Wildman–Crippen MR) is 73.0 cm³/mol. The second-order valence-electron chi connectivity index (χ2n) is 5.57. The molecule has 2 aliphatic heterocycles. The number of morpholine rings is 1. The predicted octanol–water partition coefficient (Wildman–Crippen LogP) is -0.189. The molecule has 3 N–H and O–H groups in total. The molecular formula is C13H25N3O3. The molecule has 0 amide bonds. The van der Waals surface area contributed by atoms with Crippen molar-refractivity contribution >= 4 is 5.96 Å². The van der Waals surface area contributed by atoms with E-state index in [2.05, 4.69) is 9.89 Å². The molecule has 1 atom stereocenters. The van der Waals surface area contributed by atoms with Gasteiger partial charge in [0.15, 0.2) is 5.96 Å². The van der Waals surface area contributed by atoms with E-state index in [1.165, 1.54) is 0 Å². The Balaban J connectivity index is 1.92. The van der Waals surface area contributed by atoms with Gasteiger partial charge in [-0.1, -0.05) is 0 Å². The van der Waals surface area contributed by atoms with Crippen LogP contribution < -0.4 is 5.73 Å². The number of rotatable bonds is 3. The maximum atomic E-state index is 9.61. The Labute approximate surface area is 114 Å². The van der Waals surface area contributed by atoms with Crippen molar-refractivity contribution in [2.24, 2.45) is 16.1 Å². The minimum absolute atomic E-state index is 0.145. The van der Waals surface area contributed by atoms with Crippen LogP contribution in [0.5, 0.6) is 0 Å². The summed E-state index contributed by atoms with van der Waals surface area (Å²) < 4.78 is 10.8. The quantitative estimate of drug-likeness (QED) is 0.549. The first-order valence-electron chi connectivity index (χ1n) is 7.00. The Bertz CT molecular complexity index is 316. The van der Waals surface area contributed by atoms with Gasteiger partial charge in [-0.2, -0.15) is 0 Å². The summed E-state index contributed by atoms with van der Waals surface area (Å²) in [5, 5.41) is 9.61. The lowest BCUT2D eigenvalue weighted by Crippen LogP contribution is -2.48. The van der Waals surface area contributed by atoms with Crippen LogP contribution in [-0.4, -0.2) is 68.1 Å². The third-order valence-electron chi connectivity index (χ3n) is 4.03. The Morgan fingerprint density at radius 1 is 1.42 bits per heavy atom. The average Bonchev–Trinajstić information content (AvgIpc) is 2.46. The van der Waals surface area contributed by atoms with Gasteiger partial charge in [0.25, 0.3) is 0 Å². The summed E-state index contributed by atoms with van der Waals surface area (Å²) in [5.41, 5.74) is 5.90. The van der Waals surface area contributed by atoms with E-state index in [9.17, 15) is 5.11 Å². The average molecular weight is 271 g/mol. The van der Waals surface area contributed by atoms with E-state index < -0.39 is 0 Å². The lowest BCUT2D eigenvalue weighted by atomic mass is 9.81. The molecule has 2 rings (SSSR count). The maximum absolute atomic E-state index is 9.61. The summed E-state index contributed by atoms with van der Waals surface area (Å²) in [6, 6.07) is 0. The van der Waals surface area contributed by atoms with Crippen LogP contribution in [0.2, 0.25) is 0 Å². The third kappa shape index (κ3) is 3.81. The van der Waals surface area contributed by atoms with E-state index in [4.69, 9.17) is 15.2 Å². The summed E-state index contributed by atoms with van der Waals surface area (Å²) in [6.07, 6.45) is 1.89. The van der Waals surface area contributed by atoms with Crippen molar-refractivity contribution in [1.29, 1.82) is 0 Å². The number of nitrogens with two attached hydrogens (primary N) is 1. The largest absolute Gasteiger partial charge is 0.396 e. The Kier molecular flexibility index (Phi) is 5.01. The molecule has 6 nitrogen and oxygen atoms in total. The fraction of sp³-hybridized carbons (Fsp3) is 0.923. The van der Waals surface area contributed by atoms with Crippen LogP contribution in [0.4, 0.5) is 0 Å². The van der Waals surface area contributed by atoms with Gasteiger partial charge >= 0.3 is 0 Å². The third-order valence-corrected chi connectivity index (χ3v) is 4.03. The molecule has 110 valence electrons. The second-order valence-corrected chi connectivity index (χ2v) is 5.57. The van der Waals surface area contributed by atoms with Crippen molar-refractivity contribution in [2.75, 3.05) is 46.1 Å². The fourth-order valence-corrected chi connectivity index (χ4v) is 2.55. The zero-order valence-corrected chi connectivity index (χ0v) is 11.7. The van der Waals surface area contributed by atoms with Gasteiger partial charge in [0, 0.05) is 31.7 Å². The zero-order chi connectivity index (χ0) is 13.7. The molecule has 0 bridgehead atoms. The van der Waals surface area contributed by atoms with Gasteiger partial charge in [-0.05, 0) is 19.8 Å². The van der Waals surface area contributed by atoms with Crippen LogP contribution in [0.15, 0.2) is 4.99 Å². The highest BCUT2D eigenvalue weighted by molar-refractivity contribution is 5.78. The van der Waals surface area contributed by atoms with E-state index in [-0.39, 0.29) is 18.1 Å². The van der Waals surface area contributed by atoms with Crippen molar-refractivity contribution < 1.29 is 14.6 Å². The van der Waals surface area contributed by atoms with Crippen LogP contribution in [0.25, 0.3) is 0 Å². The van der Waals surface area contributed by atoms with Crippen molar-refractivity contribution in [2.45, 2.75) is 25.9 Å². The van der Waals surface area contributed by atoms with Crippen LogP contribution in [0.1, 0.15) is 19.8 Å². The summed E-state index contributed by atoms with van der Waals surface area (Å²) in [5.74, 6) is 0.564. The number of hydrogen-bond donors (Lipinski definition) is 2. The molecule has 0 aromatic heterocycles. The lowest BCUT2D eigenvalue weighted by molar-refractivity contribution is -0.0113. The van der Waals surface area contributed by atoms with Crippen molar-refractivity contribution in [1.82, 2.24) is 4.90 Å². The van der Waals surface area contributed by atoms with Crippen LogP contribution >= 0.6 is 0 Å². The van der Waals surface area contributed by atoms with Gasteiger partial charge in [0.1, 0.15) is 0 Å². The molecule has 2 saturated heterocycles. The summed E-state index contributed by atoms with van der Waals surface area (Å²) >= 11 is 0. The first-order chi connectivity index (χ1) is 9.15. The zero-order valence-electron chi connectivity index (χ0n) is 11.7. The second kappa shape index (κ2) is 6.54. The van der Waals surface area contributed by atoms with E-state index in [1.807, 2.05) is 6.92 Å². The number of nitrogens with zero attached hydrogens (tertiary/aromatic N) is 2. The molecule has 0 spiro atoms. The highest BCUT2D eigenvalue weighted by Gasteiger charge is 2.32. The molecule has 0 radical (unpaired) electrons. The van der Waals surface area contributed by atoms with Crippen molar-refractivity contribution in [3.05, 3.63) is 0 Å². The fourth-order valence-electron chi connectivity index (χ4n) is 2.55. The van der Waals surface area contributed by atoms with E-state index in [0.29, 0.717) is 32.3 Å². The molecule has 0 aromatic carbocycles. The number of guanidine groups is 1. The van der Waals surface area contributed by atoms with E-state index in [1.54, 1.807) is 0 Å². The molecule has 0 aromatic rings. The van der Waals surface area contributed by atoms with Gasteiger partial charge in [0.05, 0.1) is 25.9 Å². The highest BCUT2D eigenvalue weighted by Crippen LogP contribution is 2.30. The minimum atomic E-state index is -0.152. The summed E-state index contributed by atoms with van der Waals surface area (Å²) in [6.45, 7) is 6.41. The molecule has 2 heterocycles. The minimum Gasteiger partial charge on any atom is -0.396 e. The Morgan fingerprint density at radius 3 is 2.79 bits per heavy atom. The van der Waals surface area contributed by atoms with Crippen molar-refractivity contribution in [3.63, 3.8) is 0 Å². The van der Waals surface area contributed by atoms with Crippen LogP contribution in [0, 0.1) is 5.41 Å². The Hall–Kier alpha value is -0.850. The van der Waals surface area contributed by atoms with Gasteiger partial charge in [-0.15, -0.1) is 0 Å². The first kappa shape index (κ1) is 14.6. The van der Waals surface area contributed by atoms with Gasteiger partial charge in [0.2, 0.25) is 0 Å². The standard InChI is InChI=1S/C13H25N3O3/c1-11-8-16(4-7-19-11)12(14)15-9-13(10-17)2-5-18-6-3-13/h11,17H,2-10H2,1H3,(H2,14,15). The summed E-state index contributed by atoms with van der Waals surface area (Å²) in [7, 11) is 0. The molecule has 6 heteroatoms. The van der Waals surface area contributed by atoms with Gasteiger partial charge < -0.3 is 25.2 Å². The SMILES string of the molecule is CC1CN(C(N)=NCC2(CO)CCOCC2)CCO1. The number of hydrogen-bond acceptors (Lipinski definition) is 4. The molecule has 2 aliphatic rings. The monoisotopic (exact) mass is 271 g/mol. The topological polar surface area (TPSA) is 80.3 Å². The van der Waals surface area contributed by atoms with E-state index >= 15 is 0 Å². The maximum Gasteiger partial charge on any atom is 0.191 e. The molecule has 1 unspecified atom stereocenters. The Morgan fingerprint density at radius 2 is 2.16 bits per heavy atom. The van der Waals surface area contributed by atoms with Gasteiger partial charge in [-0.25, -0.2) is 0 Å². The van der Waals surface area contributed by atoms with Crippen LogP contribution in [-0.2, 0) is 9.47 Å².